The highest BCUT2D eigenvalue weighted by atomic mass is 35.5. The molecule has 1 aliphatic rings. The van der Waals surface area contributed by atoms with Crippen LogP contribution in [0.3, 0.4) is 0 Å². The zero-order chi connectivity index (χ0) is 23.3. The van der Waals surface area contributed by atoms with Crippen LogP contribution in [0.2, 0.25) is 5.02 Å². The molecule has 1 aromatic heterocycles. The molecule has 0 spiro atoms. The summed E-state index contributed by atoms with van der Waals surface area (Å²) >= 11 is 6.00. The molecule has 0 amide bonds. The van der Waals surface area contributed by atoms with Gasteiger partial charge in [0.05, 0.1) is 7.11 Å². The van der Waals surface area contributed by atoms with Gasteiger partial charge in [0.2, 0.25) is 17.8 Å². The van der Waals surface area contributed by atoms with Gasteiger partial charge in [-0.05, 0) is 65.9 Å². The fraction of sp³-hybridized carbons (Fsp3) is 0.192. The zero-order valence-electron chi connectivity index (χ0n) is 18.8. The van der Waals surface area contributed by atoms with Gasteiger partial charge >= 0.3 is 0 Å². The van der Waals surface area contributed by atoms with Crippen LogP contribution in [-0.4, -0.2) is 28.1 Å². The number of methoxy groups -OCH3 is 1. The minimum absolute atomic E-state index is 0.234. The molecule has 8 heteroatoms. The van der Waals surface area contributed by atoms with Gasteiger partial charge in [-0.25, -0.2) is 0 Å². The van der Waals surface area contributed by atoms with E-state index in [9.17, 15) is 0 Å². The first-order valence-corrected chi connectivity index (χ1v) is 11.5. The summed E-state index contributed by atoms with van der Waals surface area (Å²) in [7, 11) is 1.65. The van der Waals surface area contributed by atoms with Crippen LogP contribution >= 0.6 is 11.6 Å². The Bertz CT molecular complexity index is 1240. The Hall–Kier alpha value is -3.84. The fourth-order valence-electron chi connectivity index (χ4n) is 4.01. The van der Waals surface area contributed by atoms with E-state index in [0.29, 0.717) is 29.4 Å². The molecule has 3 aromatic carbocycles. The summed E-state index contributed by atoms with van der Waals surface area (Å²) in [6.07, 6.45) is 1.88. The van der Waals surface area contributed by atoms with Crippen molar-refractivity contribution >= 4 is 35.1 Å². The zero-order valence-corrected chi connectivity index (χ0v) is 19.5. The van der Waals surface area contributed by atoms with Gasteiger partial charge in [0.1, 0.15) is 5.75 Å². The van der Waals surface area contributed by atoms with Crippen LogP contribution in [0, 0.1) is 0 Å². The molecule has 0 unspecified atom stereocenters. The van der Waals surface area contributed by atoms with E-state index >= 15 is 0 Å². The Balaban J connectivity index is 1.35. The van der Waals surface area contributed by atoms with E-state index in [0.717, 1.165) is 29.8 Å². The third-order valence-corrected chi connectivity index (χ3v) is 5.98. The SMILES string of the molecule is COc1ccc(Nc2nc(NCc3ccc(Cl)cc3)nc(NC3Cc4ccccc4C3)n2)cc1. The van der Waals surface area contributed by atoms with Crippen LogP contribution in [-0.2, 0) is 19.4 Å². The second-order valence-electron chi connectivity index (χ2n) is 8.16. The number of nitrogens with one attached hydrogen (secondary N) is 3. The van der Waals surface area contributed by atoms with Crippen molar-refractivity contribution in [3.63, 3.8) is 0 Å². The molecule has 1 aliphatic carbocycles. The van der Waals surface area contributed by atoms with Crippen molar-refractivity contribution < 1.29 is 4.74 Å². The molecule has 0 atom stereocenters. The van der Waals surface area contributed by atoms with Crippen LogP contribution in [0.15, 0.2) is 72.8 Å². The molecule has 5 rings (SSSR count). The van der Waals surface area contributed by atoms with Crippen molar-refractivity contribution in [2.24, 2.45) is 0 Å². The van der Waals surface area contributed by atoms with Gasteiger partial charge in [-0.1, -0.05) is 48.0 Å². The summed E-state index contributed by atoms with van der Waals surface area (Å²) in [6.45, 7) is 0.567. The Morgan fingerprint density at radius 3 is 2.15 bits per heavy atom. The topological polar surface area (TPSA) is 84.0 Å². The van der Waals surface area contributed by atoms with Crippen molar-refractivity contribution in [2.75, 3.05) is 23.1 Å². The van der Waals surface area contributed by atoms with Crippen molar-refractivity contribution in [3.8, 4) is 5.75 Å². The average molecular weight is 473 g/mol. The summed E-state index contributed by atoms with van der Waals surface area (Å²) in [5.74, 6) is 2.26. The predicted octanol–water partition coefficient (Wildman–Crippen LogP) is 5.47. The van der Waals surface area contributed by atoms with Crippen LogP contribution in [0.4, 0.5) is 23.5 Å². The lowest BCUT2D eigenvalue weighted by molar-refractivity contribution is 0.415. The molecular weight excluding hydrogens is 448 g/mol. The fourth-order valence-corrected chi connectivity index (χ4v) is 4.13. The lowest BCUT2D eigenvalue weighted by Gasteiger charge is -2.15. The first-order valence-electron chi connectivity index (χ1n) is 11.1. The number of aromatic nitrogens is 3. The molecule has 1 heterocycles. The average Bonchev–Trinajstić information content (AvgIpc) is 3.26. The van der Waals surface area contributed by atoms with Gasteiger partial charge in [0.25, 0.3) is 0 Å². The van der Waals surface area contributed by atoms with E-state index in [2.05, 4.69) is 55.2 Å². The second-order valence-corrected chi connectivity index (χ2v) is 8.59. The molecule has 0 radical (unpaired) electrons. The Morgan fingerprint density at radius 2 is 1.47 bits per heavy atom. The molecule has 3 N–H and O–H groups in total. The number of nitrogens with zero attached hydrogens (tertiary/aromatic N) is 3. The van der Waals surface area contributed by atoms with Gasteiger partial charge in [-0.2, -0.15) is 15.0 Å². The van der Waals surface area contributed by atoms with Gasteiger partial charge in [0, 0.05) is 23.3 Å². The van der Waals surface area contributed by atoms with Crippen LogP contribution < -0.4 is 20.7 Å². The molecule has 34 heavy (non-hydrogen) atoms. The number of benzene rings is 3. The van der Waals surface area contributed by atoms with E-state index in [1.807, 2.05) is 48.5 Å². The van der Waals surface area contributed by atoms with E-state index in [-0.39, 0.29) is 6.04 Å². The number of ether oxygens (including phenoxy) is 1. The van der Waals surface area contributed by atoms with Crippen molar-refractivity contribution in [1.82, 2.24) is 15.0 Å². The highest BCUT2D eigenvalue weighted by Crippen LogP contribution is 2.25. The molecule has 172 valence electrons. The van der Waals surface area contributed by atoms with Crippen molar-refractivity contribution in [3.05, 3.63) is 94.5 Å². The Morgan fingerprint density at radius 1 is 0.824 bits per heavy atom. The van der Waals surface area contributed by atoms with Gasteiger partial charge < -0.3 is 20.7 Å². The summed E-state index contributed by atoms with van der Waals surface area (Å²) < 4.78 is 5.24. The molecule has 0 aliphatic heterocycles. The molecule has 0 saturated carbocycles. The molecular formula is C26H25ClN6O. The van der Waals surface area contributed by atoms with Crippen LogP contribution in [0.25, 0.3) is 0 Å². The Labute approximate surface area is 203 Å². The monoisotopic (exact) mass is 472 g/mol. The summed E-state index contributed by atoms with van der Waals surface area (Å²) in [5, 5.41) is 10.8. The second kappa shape index (κ2) is 9.97. The van der Waals surface area contributed by atoms with Crippen LogP contribution in [0.5, 0.6) is 5.75 Å². The summed E-state index contributed by atoms with van der Waals surface area (Å²) in [6, 6.07) is 24.1. The summed E-state index contributed by atoms with van der Waals surface area (Å²) in [5.41, 5.74) is 4.67. The normalized spacial score (nSPS) is 12.8. The van der Waals surface area contributed by atoms with E-state index < -0.39 is 0 Å². The maximum atomic E-state index is 6.00. The lowest BCUT2D eigenvalue weighted by atomic mass is 10.1. The number of hydrogen-bond donors (Lipinski definition) is 3. The quantitative estimate of drug-likeness (QED) is 0.313. The van der Waals surface area contributed by atoms with Crippen LogP contribution in [0.1, 0.15) is 16.7 Å². The minimum Gasteiger partial charge on any atom is -0.497 e. The Kier molecular flexibility index (Phi) is 6.44. The first-order chi connectivity index (χ1) is 16.6. The smallest absolute Gasteiger partial charge is 0.233 e. The number of halogens is 1. The standard InChI is InChI=1S/C26H25ClN6O/c1-34-23-12-10-21(11-13-23)29-25-31-24(28-16-17-6-8-20(27)9-7-17)32-26(33-25)30-22-14-18-4-2-3-5-19(18)15-22/h2-13,22H,14-16H2,1H3,(H3,28,29,30,31,32,33). The van der Waals surface area contributed by atoms with Gasteiger partial charge in [0.15, 0.2) is 0 Å². The number of anilines is 4. The summed E-state index contributed by atoms with van der Waals surface area (Å²) in [4.78, 5) is 13.8. The number of hydrogen-bond acceptors (Lipinski definition) is 7. The minimum atomic E-state index is 0.234. The predicted molar refractivity (Wildman–Crippen MR) is 136 cm³/mol. The van der Waals surface area contributed by atoms with E-state index in [1.54, 1.807) is 7.11 Å². The molecule has 0 bridgehead atoms. The molecule has 0 saturated heterocycles. The molecule has 0 fully saturated rings. The third kappa shape index (κ3) is 5.38. The maximum absolute atomic E-state index is 6.00. The highest BCUT2D eigenvalue weighted by Gasteiger charge is 2.22. The molecule has 7 nitrogen and oxygen atoms in total. The van der Waals surface area contributed by atoms with E-state index in [4.69, 9.17) is 16.3 Å². The lowest BCUT2D eigenvalue weighted by Crippen LogP contribution is -2.22. The van der Waals surface area contributed by atoms with Gasteiger partial charge in [-0.3, -0.25) is 0 Å². The largest absolute Gasteiger partial charge is 0.497 e. The third-order valence-electron chi connectivity index (χ3n) is 5.73. The molecule has 4 aromatic rings. The van der Waals surface area contributed by atoms with Crippen molar-refractivity contribution in [2.45, 2.75) is 25.4 Å². The van der Waals surface area contributed by atoms with E-state index in [1.165, 1.54) is 11.1 Å². The highest BCUT2D eigenvalue weighted by molar-refractivity contribution is 6.30. The van der Waals surface area contributed by atoms with Gasteiger partial charge in [-0.15, -0.1) is 0 Å². The number of rotatable bonds is 8. The van der Waals surface area contributed by atoms with Crippen molar-refractivity contribution in [1.29, 1.82) is 0 Å². The maximum Gasteiger partial charge on any atom is 0.233 e. The first kappa shape index (κ1) is 22.0. The number of fused-ring (bicyclic) bond motifs is 1.